The fourth-order valence-electron chi connectivity index (χ4n) is 2.48. The van der Waals surface area contributed by atoms with Crippen molar-refractivity contribution in [3.63, 3.8) is 0 Å². The third-order valence-electron chi connectivity index (χ3n) is 3.62. The molecule has 0 radical (unpaired) electrons. The number of carboxylic acid groups (broad SMARTS) is 1. The van der Waals surface area contributed by atoms with Crippen molar-refractivity contribution in [1.82, 2.24) is 10.2 Å². The highest BCUT2D eigenvalue weighted by Gasteiger charge is 2.26. The van der Waals surface area contributed by atoms with Gasteiger partial charge in [0.15, 0.2) is 0 Å². The van der Waals surface area contributed by atoms with Crippen LogP contribution in [0.25, 0.3) is 0 Å². The van der Waals surface area contributed by atoms with Gasteiger partial charge in [-0.25, -0.2) is 9.59 Å². The van der Waals surface area contributed by atoms with Crippen LogP contribution in [-0.4, -0.2) is 47.2 Å². The molecule has 1 aromatic rings. The van der Waals surface area contributed by atoms with Crippen LogP contribution in [0.5, 0.6) is 0 Å². The maximum atomic E-state index is 12.1. The standard InChI is InChI=1S/C15H21N3O3/c16-12-7-4-8-18(10-12)15(21)17-13(14(19)20)9-11-5-2-1-3-6-11/h1-3,5-6,12-13H,4,7-10,16H2,(H,17,21)(H,19,20)/t12?,13-/m0/s1. The molecule has 2 rings (SSSR count). The lowest BCUT2D eigenvalue weighted by Crippen LogP contribution is -2.53. The molecule has 0 saturated carbocycles. The molecule has 2 atom stereocenters. The maximum Gasteiger partial charge on any atom is 0.326 e. The van der Waals surface area contributed by atoms with Crippen LogP contribution < -0.4 is 11.1 Å². The van der Waals surface area contributed by atoms with Gasteiger partial charge in [-0.3, -0.25) is 0 Å². The average Bonchev–Trinajstić information content (AvgIpc) is 2.47. The van der Waals surface area contributed by atoms with Gasteiger partial charge >= 0.3 is 12.0 Å². The third kappa shape index (κ3) is 4.46. The Labute approximate surface area is 123 Å². The first kappa shape index (κ1) is 15.3. The van der Waals surface area contributed by atoms with Gasteiger partial charge in [-0.05, 0) is 18.4 Å². The van der Waals surface area contributed by atoms with E-state index in [0.717, 1.165) is 18.4 Å². The lowest BCUT2D eigenvalue weighted by molar-refractivity contribution is -0.139. The van der Waals surface area contributed by atoms with Gasteiger partial charge in [-0.1, -0.05) is 30.3 Å². The van der Waals surface area contributed by atoms with E-state index in [1.807, 2.05) is 30.3 Å². The first-order chi connectivity index (χ1) is 10.1. The molecule has 0 bridgehead atoms. The number of nitrogens with one attached hydrogen (secondary N) is 1. The van der Waals surface area contributed by atoms with Crippen LogP contribution in [0.15, 0.2) is 30.3 Å². The first-order valence-electron chi connectivity index (χ1n) is 7.14. The smallest absolute Gasteiger partial charge is 0.326 e. The van der Waals surface area contributed by atoms with Gasteiger partial charge < -0.3 is 21.1 Å². The summed E-state index contributed by atoms with van der Waals surface area (Å²) in [5.74, 6) is -1.03. The molecule has 1 aromatic carbocycles. The molecule has 6 nitrogen and oxygen atoms in total. The summed E-state index contributed by atoms with van der Waals surface area (Å²) < 4.78 is 0. The van der Waals surface area contributed by atoms with E-state index < -0.39 is 12.0 Å². The van der Waals surface area contributed by atoms with E-state index in [4.69, 9.17) is 5.73 Å². The summed E-state index contributed by atoms with van der Waals surface area (Å²) in [5, 5.41) is 11.9. The SMILES string of the molecule is NC1CCCN(C(=O)N[C@@H](Cc2ccccc2)C(=O)O)C1. The number of carboxylic acids is 1. The number of aliphatic carboxylic acids is 1. The van der Waals surface area contributed by atoms with Crippen molar-refractivity contribution in [3.8, 4) is 0 Å². The number of urea groups is 1. The van der Waals surface area contributed by atoms with Crippen LogP contribution in [0.2, 0.25) is 0 Å². The fraction of sp³-hybridized carbons (Fsp3) is 0.467. The van der Waals surface area contributed by atoms with Crippen LogP contribution in [0.4, 0.5) is 4.79 Å². The first-order valence-corrected chi connectivity index (χ1v) is 7.14. The highest BCUT2D eigenvalue weighted by atomic mass is 16.4. The molecule has 4 N–H and O–H groups in total. The minimum absolute atomic E-state index is 0.0260. The molecular weight excluding hydrogens is 270 g/mol. The number of amides is 2. The normalized spacial score (nSPS) is 19.9. The number of hydrogen-bond donors (Lipinski definition) is 3. The molecule has 1 fully saturated rings. The van der Waals surface area contributed by atoms with E-state index in [-0.39, 0.29) is 18.5 Å². The molecular formula is C15H21N3O3. The lowest BCUT2D eigenvalue weighted by atomic mass is 10.1. The van der Waals surface area contributed by atoms with Crippen molar-refractivity contribution in [2.24, 2.45) is 5.73 Å². The number of nitrogens with zero attached hydrogens (tertiary/aromatic N) is 1. The summed E-state index contributed by atoms with van der Waals surface area (Å²) in [5.41, 5.74) is 6.71. The minimum Gasteiger partial charge on any atom is -0.480 e. The van der Waals surface area contributed by atoms with Crippen molar-refractivity contribution in [2.45, 2.75) is 31.3 Å². The Hall–Kier alpha value is -2.08. The van der Waals surface area contributed by atoms with Crippen molar-refractivity contribution in [3.05, 3.63) is 35.9 Å². The zero-order valence-electron chi connectivity index (χ0n) is 11.9. The molecule has 1 unspecified atom stereocenters. The summed E-state index contributed by atoms with van der Waals surface area (Å²) in [6.07, 6.45) is 2.02. The Morgan fingerprint density at radius 2 is 2.10 bits per heavy atom. The van der Waals surface area contributed by atoms with Crippen molar-refractivity contribution in [2.75, 3.05) is 13.1 Å². The van der Waals surface area contributed by atoms with E-state index in [2.05, 4.69) is 5.32 Å². The van der Waals surface area contributed by atoms with E-state index in [1.165, 1.54) is 0 Å². The third-order valence-corrected chi connectivity index (χ3v) is 3.62. The monoisotopic (exact) mass is 291 g/mol. The number of carbonyl (C=O) groups excluding carboxylic acids is 1. The molecule has 0 aromatic heterocycles. The van der Waals surface area contributed by atoms with Gasteiger partial charge in [0.25, 0.3) is 0 Å². The van der Waals surface area contributed by atoms with Crippen molar-refractivity contribution in [1.29, 1.82) is 0 Å². The molecule has 1 aliphatic heterocycles. The Morgan fingerprint density at radius 3 is 2.71 bits per heavy atom. The molecule has 21 heavy (non-hydrogen) atoms. The van der Waals surface area contributed by atoms with Gasteiger partial charge in [-0.2, -0.15) is 0 Å². The quantitative estimate of drug-likeness (QED) is 0.765. The van der Waals surface area contributed by atoms with Gasteiger partial charge in [0.05, 0.1) is 0 Å². The van der Waals surface area contributed by atoms with E-state index >= 15 is 0 Å². The van der Waals surface area contributed by atoms with Crippen LogP contribution >= 0.6 is 0 Å². The molecule has 1 heterocycles. The number of likely N-dealkylation sites (tertiary alicyclic amines) is 1. The van der Waals surface area contributed by atoms with Gasteiger partial charge in [0.1, 0.15) is 6.04 Å². The largest absolute Gasteiger partial charge is 0.480 e. The molecule has 1 saturated heterocycles. The molecule has 0 aliphatic carbocycles. The summed E-state index contributed by atoms with van der Waals surface area (Å²) in [6.45, 7) is 1.10. The van der Waals surface area contributed by atoms with Crippen LogP contribution in [0.3, 0.4) is 0 Å². The zero-order chi connectivity index (χ0) is 15.2. The second-order valence-electron chi connectivity index (χ2n) is 5.38. The van der Waals surface area contributed by atoms with Crippen LogP contribution in [0.1, 0.15) is 18.4 Å². The molecule has 114 valence electrons. The van der Waals surface area contributed by atoms with Crippen LogP contribution in [-0.2, 0) is 11.2 Å². The zero-order valence-corrected chi connectivity index (χ0v) is 11.9. The number of rotatable bonds is 4. The second-order valence-corrected chi connectivity index (χ2v) is 5.38. The molecule has 6 heteroatoms. The topological polar surface area (TPSA) is 95.7 Å². The predicted octanol–water partition coefficient (Wildman–Crippen LogP) is 0.815. The summed E-state index contributed by atoms with van der Waals surface area (Å²) in [4.78, 5) is 25.1. The summed E-state index contributed by atoms with van der Waals surface area (Å²) >= 11 is 0. The van der Waals surface area contributed by atoms with E-state index in [0.29, 0.717) is 13.1 Å². The fourth-order valence-corrected chi connectivity index (χ4v) is 2.48. The Balaban J connectivity index is 1.96. The molecule has 2 amide bonds. The highest BCUT2D eigenvalue weighted by molar-refractivity contribution is 5.82. The lowest BCUT2D eigenvalue weighted by Gasteiger charge is -2.31. The van der Waals surface area contributed by atoms with Gasteiger partial charge in [-0.15, -0.1) is 0 Å². The Bertz CT molecular complexity index is 492. The number of piperidine rings is 1. The van der Waals surface area contributed by atoms with Crippen molar-refractivity contribution >= 4 is 12.0 Å². The predicted molar refractivity (Wildman–Crippen MR) is 78.9 cm³/mol. The number of carbonyl (C=O) groups is 2. The number of benzene rings is 1. The number of nitrogens with two attached hydrogens (primary N) is 1. The minimum atomic E-state index is -1.03. The van der Waals surface area contributed by atoms with Gasteiger partial charge in [0.2, 0.25) is 0 Å². The van der Waals surface area contributed by atoms with Crippen molar-refractivity contribution < 1.29 is 14.7 Å². The van der Waals surface area contributed by atoms with E-state index in [9.17, 15) is 14.7 Å². The summed E-state index contributed by atoms with van der Waals surface area (Å²) in [6, 6.07) is 7.94. The highest BCUT2D eigenvalue weighted by Crippen LogP contribution is 2.09. The Morgan fingerprint density at radius 1 is 1.38 bits per heavy atom. The van der Waals surface area contributed by atoms with Crippen LogP contribution in [0, 0.1) is 0 Å². The second kappa shape index (κ2) is 7.08. The summed E-state index contributed by atoms with van der Waals surface area (Å²) in [7, 11) is 0. The average molecular weight is 291 g/mol. The Kier molecular flexibility index (Phi) is 5.16. The molecule has 0 spiro atoms. The van der Waals surface area contributed by atoms with Gasteiger partial charge in [0, 0.05) is 25.6 Å². The van der Waals surface area contributed by atoms with E-state index in [1.54, 1.807) is 4.90 Å². The number of hydrogen-bond acceptors (Lipinski definition) is 3. The molecule has 1 aliphatic rings. The maximum absolute atomic E-state index is 12.1.